The fourth-order valence-corrected chi connectivity index (χ4v) is 2.51. The number of carbonyl (C=O) groups excluding carboxylic acids is 2. The number of hydrogen-bond acceptors (Lipinski definition) is 4. The minimum atomic E-state index is -0.217. The number of nitrogens with one attached hydrogen (secondary N) is 2. The Kier molecular flexibility index (Phi) is 4.18. The molecule has 26 heavy (non-hydrogen) atoms. The monoisotopic (exact) mass is 347 g/mol. The minimum absolute atomic E-state index is 0.0749. The maximum atomic E-state index is 12.4. The molecule has 1 heterocycles. The summed E-state index contributed by atoms with van der Waals surface area (Å²) in [5.41, 5.74) is 2.58. The molecule has 1 aliphatic carbocycles. The van der Waals surface area contributed by atoms with E-state index in [1.807, 2.05) is 0 Å². The number of aromatic nitrogens is 3. The van der Waals surface area contributed by atoms with Crippen LogP contribution in [0, 0.1) is 0 Å². The standard InChI is InChI=1S/C19H17N5O2/c25-18(23-16-7-8-16)13-1-5-15(6-2-13)22-19(26)14-3-9-17(10-4-14)24-12-20-11-21-24/h1-6,9-12,16H,7-8H2,(H,22,26)(H,23,25). The third-order valence-electron chi connectivity index (χ3n) is 4.13. The molecule has 0 radical (unpaired) electrons. The molecule has 0 atom stereocenters. The predicted octanol–water partition coefficient (Wildman–Crippen LogP) is 2.41. The highest BCUT2D eigenvalue weighted by Gasteiger charge is 2.23. The lowest BCUT2D eigenvalue weighted by Gasteiger charge is -2.08. The summed E-state index contributed by atoms with van der Waals surface area (Å²) in [6, 6.07) is 14.2. The van der Waals surface area contributed by atoms with Gasteiger partial charge in [-0.3, -0.25) is 9.59 Å². The first-order valence-corrected chi connectivity index (χ1v) is 8.36. The van der Waals surface area contributed by atoms with Crippen LogP contribution in [0.15, 0.2) is 61.2 Å². The van der Waals surface area contributed by atoms with Gasteiger partial charge in [-0.05, 0) is 61.4 Å². The van der Waals surface area contributed by atoms with Gasteiger partial charge >= 0.3 is 0 Å². The van der Waals surface area contributed by atoms with Crippen LogP contribution in [0.4, 0.5) is 5.69 Å². The van der Waals surface area contributed by atoms with Gasteiger partial charge in [-0.25, -0.2) is 9.67 Å². The Bertz CT molecular complexity index is 914. The second-order valence-corrected chi connectivity index (χ2v) is 6.17. The van der Waals surface area contributed by atoms with Crippen molar-refractivity contribution in [2.45, 2.75) is 18.9 Å². The number of anilines is 1. The Labute approximate surface area is 150 Å². The van der Waals surface area contributed by atoms with E-state index in [1.54, 1.807) is 59.5 Å². The summed E-state index contributed by atoms with van der Waals surface area (Å²) in [6.07, 6.45) is 5.15. The summed E-state index contributed by atoms with van der Waals surface area (Å²) in [4.78, 5) is 28.2. The number of amides is 2. The van der Waals surface area contributed by atoms with E-state index in [0.29, 0.717) is 22.9 Å². The van der Waals surface area contributed by atoms with Crippen LogP contribution >= 0.6 is 0 Å². The van der Waals surface area contributed by atoms with E-state index in [9.17, 15) is 9.59 Å². The molecular weight excluding hydrogens is 330 g/mol. The van der Waals surface area contributed by atoms with Gasteiger partial charge in [-0.1, -0.05) is 0 Å². The van der Waals surface area contributed by atoms with Gasteiger partial charge < -0.3 is 10.6 Å². The van der Waals surface area contributed by atoms with Gasteiger partial charge in [0.15, 0.2) is 0 Å². The maximum absolute atomic E-state index is 12.4. The molecule has 0 aliphatic heterocycles. The van der Waals surface area contributed by atoms with Gasteiger partial charge in [0, 0.05) is 22.9 Å². The zero-order valence-electron chi connectivity index (χ0n) is 13.9. The molecule has 0 spiro atoms. The van der Waals surface area contributed by atoms with Gasteiger partial charge in [0.2, 0.25) is 0 Å². The van der Waals surface area contributed by atoms with Crippen LogP contribution in [0.5, 0.6) is 0 Å². The van der Waals surface area contributed by atoms with Crippen molar-refractivity contribution in [3.8, 4) is 5.69 Å². The third kappa shape index (κ3) is 3.61. The molecule has 0 bridgehead atoms. The zero-order valence-corrected chi connectivity index (χ0v) is 13.9. The normalized spacial score (nSPS) is 13.2. The summed E-state index contributed by atoms with van der Waals surface area (Å²) in [6.45, 7) is 0. The van der Waals surface area contributed by atoms with Crippen LogP contribution in [0.25, 0.3) is 5.69 Å². The molecule has 7 heteroatoms. The van der Waals surface area contributed by atoms with Gasteiger partial charge in [-0.15, -0.1) is 0 Å². The van der Waals surface area contributed by atoms with Crippen molar-refractivity contribution < 1.29 is 9.59 Å². The number of hydrogen-bond donors (Lipinski definition) is 2. The maximum Gasteiger partial charge on any atom is 0.255 e. The largest absolute Gasteiger partial charge is 0.349 e. The van der Waals surface area contributed by atoms with Gasteiger partial charge in [-0.2, -0.15) is 5.10 Å². The van der Waals surface area contributed by atoms with Crippen molar-refractivity contribution in [1.29, 1.82) is 0 Å². The Hall–Kier alpha value is -3.48. The molecule has 1 fully saturated rings. The van der Waals surface area contributed by atoms with E-state index in [2.05, 4.69) is 20.7 Å². The molecule has 2 amide bonds. The van der Waals surface area contributed by atoms with Gasteiger partial charge in [0.1, 0.15) is 12.7 Å². The van der Waals surface area contributed by atoms with E-state index in [0.717, 1.165) is 18.5 Å². The quantitative estimate of drug-likeness (QED) is 0.742. The number of rotatable bonds is 5. The summed E-state index contributed by atoms with van der Waals surface area (Å²) in [5, 5.41) is 9.81. The molecule has 1 aliphatic rings. The Morgan fingerprint density at radius 2 is 1.58 bits per heavy atom. The molecule has 0 unspecified atom stereocenters. The van der Waals surface area contributed by atoms with Crippen LogP contribution in [-0.2, 0) is 0 Å². The van der Waals surface area contributed by atoms with Crippen molar-refractivity contribution in [2.24, 2.45) is 0 Å². The molecular formula is C19H17N5O2. The van der Waals surface area contributed by atoms with E-state index >= 15 is 0 Å². The Balaban J connectivity index is 1.40. The lowest BCUT2D eigenvalue weighted by atomic mass is 10.1. The van der Waals surface area contributed by atoms with E-state index in [4.69, 9.17) is 0 Å². The predicted molar refractivity (Wildman–Crippen MR) is 96.2 cm³/mol. The van der Waals surface area contributed by atoms with E-state index in [1.165, 1.54) is 6.33 Å². The van der Waals surface area contributed by atoms with E-state index < -0.39 is 0 Å². The molecule has 1 saturated carbocycles. The first-order valence-electron chi connectivity index (χ1n) is 8.36. The van der Waals surface area contributed by atoms with Crippen molar-refractivity contribution in [2.75, 3.05) is 5.32 Å². The fraction of sp³-hybridized carbons (Fsp3) is 0.158. The van der Waals surface area contributed by atoms with Crippen LogP contribution in [0.3, 0.4) is 0 Å². The summed E-state index contributed by atoms with van der Waals surface area (Å²) in [7, 11) is 0. The van der Waals surface area contributed by atoms with Crippen molar-refractivity contribution in [1.82, 2.24) is 20.1 Å². The minimum Gasteiger partial charge on any atom is -0.349 e. The molecule has 2 N–H and O–H groups in total. The average Bonchev–Trinajstić information content (AvgIpc) is 3.31. The highest BCUT2D eigenvalue weighted by molar-refractivity contribution is 6.04. The first kappa shape index (κ1) is 16.0. The fourth-order valence-electron chi connectivity index (χ4n) is 2.51. The Morgan fingerprint density at radius 3 is 2.19 bits per heavy atom. The SMILES string of the molecule is O=C(Nc1ccc(C(=O)NC2CC2)cc1)c1ccc(-n2cncn2)cc1. The lowest BCUT2D eigenvalue weighted by Crippen LogP contribution is -2.25. The molecule has 0 saturated heterocycles. The van der Waals surface area contributed by atoms with Crippen LogP contribution in [0.2, 0.25) is 0 Å². The average molecular weight is 347 g/mol. The third-order valence-corrected chi connectivity index (χ3v) is 4.13. The molecule has 7 nitrogen and oxygen atoms in total. The van der Waals surface area contributed by atoms with Crippen molar-refractivity contribution in [3.05, 3.63) is 72.3 Å². The second-order valence-electron chi connectivity index (χ2n) is 6.17. The van der Waals surface area contributed by atoms with E-state index in [-0.39, 0.29) is 11.8 Å². The molecule has 130 valence electrons. The first-order chi connectivity index (χ1) is 12.7. The molecule has 2 aromatic carbocycles. The van der Waals surface area contributed by atoms with Crippen LogP contribution < -0.4 is 10.6 Å². The van der Waals surface area contributed by atoms with Crippen molar-refractivity contribution in [3.63, 3.8) is 0 Å². The summed E-state index contributed by atoms with van der Waals surface area (Å²) < 4.78 is 1.62. The highest BCUT2D eigenvalue weighted by atomic mass is 16.2. The highest BCUT2D eigenvalue weighted by Crippen LogP contribution is 2.20. The van der Waals surface area contributed by atoms with Crippen molar-refractivity contribution >= 4 is 17.5 Å². The summed E-state index contributed by atoms with van der Waals surface area (Å²) >= 11 is 0. The molecule has 1 aromatic heterocycles. The number of nitrogens with zero attached hydrogens (tertiary/aromatic N) is 3. The number of carbonyl (C=O) groups is 2. The number of benzene rings is 2. The second kappa shape index (κ2) is 6.79. The zero-order chi connectivity index (χ0) is 17.9. The smallest absolute Gasteiger partial charge is 0.255 e. The van der Waals surface area contributed by atoms with Gasteiger partial charge in [0.05, 0.1) is 5.69 Å². The molecule has 4 rings (SSSR count). The van der Waals surface area contributed by atoms with Gasteiger partial charge in [0.25, 0.3) is 11.8 Å². The molecule has 3 aromatic rings. The van der Waals surface area contributed by atoms with Crippen LogP contribution in [-0.4, -0.2) is 32.6 Å². The Morgan fingerprint density at radius 1 is 0.923 bits per heavy atom. The summed E-state index contributed by atoms with van der Waals surface area (Å²) in [5.74, 6) is -0.292. The van der Waals surface area contributed by atoms with Crippen LogP contribution in [0.1, 0.15) is 33.6 Å². The lowest BCUT2D eigenvalue weighted by molar-refractivity contribution is 0.0950. The topological polar surface area (TPSA) is 88.9 Å².